The number of hydrogen-bond acceptors (Lipinski definition) is 3. The number of nitrogens with one attached hydrogen (secondary N) is 1. The summed E-state index contributed by atoms with van der Waals surface area (Å²) in [7, 11) is 2.14. The fraction of sp³-hybridized carbons (Fsp3) is 0.611. The maximum Gasteiger partial charge on any atom is 0.321 e. The number of urea groups is 1. The number of amides is 2. The van der Waals surface area contributed by atoms with Gasteiger partial charge in [-0.15, -0.1) is 11.8 Å². The summed E-state index contributed by atoms with van der Waals surface area (Å²) in [5, 5.41) is 3.59. The van der Waals surface area contributed by atoms with Crippen LogP contribution in [-0.4, -0.2) is 54.3 Å². The molecular weight excluding hydrogens is 306 g/mol. The van der Waals surface area contributed by atoms with Crippen LogP contribution in [-0.2, 0) is 0 Å². The summed E-state index contributed by atoms with van der Waals surface area (Å²) in [6.45, 7) is 10.3. The Hall–Kier alpha value is -1.20. The highest BCUT2D eigenvalue weighted by molar-refractivity contribution is 8.00. The fourth-order valence-electron chi connectivity index (χ4n) is 2.86. The largest absolute Gasteiger partial charge is 0.324 e. The number of carbonyl (C=O) groups is 1. The van der Waals surface area contributed by atoms with Crippen LogP contribution in [0, 0.1) is 5.92 Å². The van der Waals surface area contributed by atoms with E-state index >= 15 is 0 Å². The Balaban J connectivity index is 1.93. The third kappa shape index (κ3) is 5.43. The monoisotopic (exact) mass is 335 g/mol. The first-order valence-corrected chi connectivity index (χ1v) is 9.37. The number of rotatable bonds is 6. The molecule has 0 radical (unpaired) electrons. The summed E-state index contributed by atoms with van der Waals surface area (Å²) in [5.74, 6) is 0.589. The Kier molecular flexibility index (Phi) is 6.78. The van der Waals surface area contributed by atoms with Gasteiger partial charge in [0.05, 0.1) is 5.69 Å². The molecule has 4 nitrogen and oxygen atoms in total. The van der Waals surface area contributed by atoms with E-state index in [1.54, 1.807) is 11.8 Å². The zero-order chi connectivity index (χ0) is 16.8. The van der Waals surface area contributed by atoms with E-state index in [1.165, 1.54) is 0 Å². The van der Waals surface area contributed by atoms with Crippen molar-refractivity contribution >= 4 is 23.5 Å². The second-order valence-corrected chi connectivity index (χ2v) is 8.17. The molecule has 1 aliphatic heterocycles. The lowest BCUT2D eigenvalue weighted by molar-refractivity contribution is 0.218. The van der Waals surface area contributed by atoms with Gasteiger partial charge in [-0.1, -0.05) is 32.9 Å². The molecule has 2 amide bonds. The van der Waals surface area contributed by atoms with Gasteiger partial charge in [0.2, 0.25) is 0 Å². The van der Waals surface area contributed by atoms with Gasteiger partial charge in [-0.25, -0.2) is 4.79 Å². The van der Waals surface area contributed by atoms with Gasteiger partial charge in [-0.3, -0.25) is 0 Å². The Morgan fingerprint density at radius 3 is 2.87 bits per heavy atom. The summed E-state index contributed by atoms with van der Waals surface area (Å²) in [6, 6.07) is 8.09. The van der Waals surface area contributed by atoms with Crippen molar-refractivity contribution in [2.45, 2.75) is 37.3 Å². The average molecular weight is 336 g/mol. The molecule has 0 unspecified atom stereocenters. The molecule has 5 heteroatoms. The first kappa shape index (κ1) is 18.1. The predicted molar refractivity (Wildman–Crippen MR) is 99.3 cm³/mol. The molecule has 0 aromatic heterocycles. The van der Waals surface area contributed by atoms with Gasteiger partial charge in [0.1, 0.15) is 0 Å². The summed E-state index contributed by atoms with van der Waals surface area (Å²) in [4.78, 5) is 18.0. The van der Waals surface area contributed by atoms with Crippen molar-refractivity contribution in [2.24, 2.45) is 5.92 Å². The summed E-state index contributed by atoms with van der Waals surface area (Å²) >= 11 is 1.78. The third-order valence-electron chi connectivity index (χ3n) is 4.17. The standard InChI is InChI=1S/C18H29N3OS/c1-5-20(4)12-15-10-11-21(13-15)18(22)19-16-8-6-7-9-17(16)23-14(2)3/h6-9,14-15H,5,10-13H2,1-4H3,(H,19,22)/t15-/m1/s1. The summed E-state index contributed by atoms with van der Waals surface area (Å²) in [6.07, 6.45) is 1.10. The molecule has 0 spiro atoms. The minimum atomic E-state index is 0.0310. The number of para-hydroxylation sites is 1. The quantitative estimate of drug-likeness (QED) is 0.798. The second-order valence-electron chi connectivity index (χ2n) is 6.55. The maximum absolute atomic E-state index is 12.5. The maximum atomic E-state index is 12.5. The predicted octanol–water partition coefficient (Wildman–Crippen LogP) is 3.99. The lowest BCUT2D eigenvalue weighted by Crippen LogP contribution is -2.34. The highest BCUT2D eigenvalue weighted by atomic mass is 32.2. The first-order valence-electron chi connectivity index (χ1n) is 8.49. The third-order valence-corrected chi connectivity index (χ3v) is 5.26. The van der Waals surface area contributed by atoms with Crippen LogP contribution >= 0.6 is 11.8 Å². The molecule has 23 heavy (non-hydrogen) atoms. The lowest BCUT2D eigenvalue weighted by atomic mass is 10.1. The van der Waals surface area contributed by atoms with Crippen LogP contribution in [0.1, 0.15) is 27.2 Å². The SMILES string of the molecule is CCN(C)C[C@H]1CCN(C(=O)Nc2ccccc2SC(C)C)C1. The molecule has 1 fully saturated rings. The van der Waals surface area contributed by atoms with Gasteiger partial charge in [-0.05, 0) is 38.1 Å². The Morgan fingerprint density at radius 1 is 1.43 bits per heavy atom. The number of anilines is 1. The van der Waals surface area contributed by atoms with Gasteiger partial charge in [0, 0.05) is 29.8 Å². The van der Waals surface area contributed by atoms with Crippen molar-refractivity contribution in [3.8, 4) is 0 Å². The highest BCUT2D eigenvalue weighted by Gasteiger charge is 2.27. The van der Waals surface area contributed by atoms with E-state index in [1.807, 2.05) is 23.1 Å². The van der Waals surface area contributed by atoms with E-state index in [2.05, 4.69) is 44.1 Å². The number of hydrogen-bond donors (Lipinski definition) is 1. The number of benzene rings is 1. The topological polar surface area (TPSA) is 35.6 Å². The Morgan fingerprint density at radius 2 is 2.17 bits per heavy atom. The molecule has 1 heterocycles. The van der Waals surface area contributed by atoms with Crippen LogP contribution in [0.3, 0.4) is 0 Å². The average Bonchev–Trinajstić information content (AvgIpc) is 2.97. The Bertz CT molecular complexity index is 521. The van der Waals surface area contributed by atoms with E-state index < -0.39 is 0 Å². The van der Waals surface area contributed by atoms with Crippen LogP contribution in [0.15, 0.2) is 29.2 Å². The van der Waals surface area contributed by atoms with Gasteiger partial charge in [0.15, 0.2) is 0 Å². The smallest absolute Gasteiger partial charge is 0.321 e. The molecule has 0 bridgehead atoms. The fourth-order valence-corrected chi connectivity index (χ4v) is 3.77. The van der Waals surface area contributed by atoms with Gasteiger partial charge >= 0.3 is 6.03 Å². The van der Waals surface area contributed by atoms with Crippen LogP contribution < -0.4 is 5.32 Å². The summed E-state index contributed by atoms with van der Waals surface area (Å²) < 4.78 is 0. The first-order chi connectivity index (χ1) is 11.0. The van der Waals surface area contributed by atoms with Gasteiger partial charge in [-0.2, -0.15) is 0 Å². The molecule has 0 saturated carbocycles. The molecule has 2 rings (SSSR count). The zero-order valence-corrected chi connectivity index (χ0v) is 15.5. The van der Waals surface area contributed by atoms with Gasteiger partial charge in [0.25, 0.3) is 0 Å². The molecule has 0 aliphatic carbocycles. The lowest BCUT2D eigenvalue weighted by Gasteiger charge is -2.21. The van der Waals surface area contributed by atoms with Crippen molar-refractivity contribution < 1.29 is 4.79 Å². The number of nitrogens with zero attached hydrogens (tertiary/aromatic N) is 2. The second kappa shape index (κ2) is 8.60. The Labute approximate surface area is 144 Å². The molecule has 1 aliphatic rings. The van der Waals surface area contributed by atoms with Crippen LogP contribution in [0.2, 0.25) is 0 Å². The van der Waals surface area contributed by atoms with Gasteiger partial charge < -0.3 is 15.1 Å². The minimum absolute atomic E-state index is 0.0310. The number of carbonyl (C=O) groups excluding carboxylic acids is 1. The molecular formula is C18H29N3OS. The van der Waals surface area contributed by atoms with Crippen molar-refractivity contribution in [3.63, 3.8) is 0 Å². The van der Waals surface area contributed by atoms with E-state index in [9.17, 15) is 4.79 Å². The van der Waals surface area contributed by atoms with Crippen molar-refractivity contribution in [3.05, 3.63) is 24.3 Å². The molecule has 1 saturated heterocycles. The van der Waals surface area contributed by atoms with E-state index in [-0.39, 0.29) is 6.03 Å². The minimum Gasteiger partial charge on any atom is -0.324 e. The van der Waals surface area contributed by atoms with Crippen LogP contribution in [0.4, 0.5) is 10.5 Å². The highest BCUT2D eigenvalue weighted by Crippen LogP contribution is 2.30. The zero-order valence-electron chi connectivity index (χ0n) is 14.7. The summed E-state index contributed by atoms with van der Waals surface area (Å²) in [5.41, 5.74) is 0.922. The van der Waals surface area contributed by atoms with Crippen LogP contribution in [0.5, 0.6) is 0 Å². The molecule has 1 aromatic rings. The van der Waals surface area contributed by atoms with Crippen molar-refractivity contribution in [1.82, 2.24) is 9.80 Å². The molecule has 1 N–H and O–H groups in total. The molecule has 128 valence electrons. The van der Waals surface area contributed by atoms with E-state index in [0.29, 0.717) is 11.2 Å². The molecule has 1 atom stereocenters. The van der Waals surface area contributed by atoms with E-state index in [0.717, 1.165) is 43.2 Å². The van der Waals surface area contributed by atoms with E-state index in [4.69, 9.17) is 0 Å². The number of likely N-dealkylation sites (tertiary alicyclic amines) is 1. The van der Waals surface area contributed by atoms with Crippen LogP contribution in [0.25, 0.3) is 0 Å². The van der Waals surface area contributed by atoms with Crippen molar-refractivity contribution in [1.29, 1.82) is 0 Å². The van der Waals surface area contributed by atoms with Crippen molar-refractivity contribution in [2.75, 3.05) is 38.5 Å². The normalized spacial score (nSPS) is 18.0. The number of thioether (sulfide) groups is 1. The molecule has 1 aromatic carbocycles.